The normalized spacial score (nSPS) is 10.8. The van der Waals surface area contributed by atoms with Gasteiger partial charge in [-0.2, -0.15) is 0 Å². The van der Waals surface area contributed by atoms with Gasteiger partial charge in [-0.1, -0.05) is 6.08 Å². The fraction of sp³-hybridized carbons (Fsp3) is 0.125. The van der Waals surface area contributed by atoms with Gasteiger partial charge in [-0.15, -0.1) is 6.58 Å². The lowest BCUT2D eigenvalue weighted by Crippen LogP contribution is -2.21. The van der Waals surface area contributed by atoms with Crippen molar-refractivity contribution < 1.29 is 0 Å². The largest absolute Gasteiger partial charge is 0.339 e. The first-order chi connectivity index (χ1) is 9.79. The molecule has 4 nitrogen and oxygen atoms in total. The molecule has 0 aliphatic carbocycles. The van der Waals surface area contributed by atoms with Gasteiger partial charge in [-0.3, -0.25) is 9.78 Å². The number of nitrogens with zero attached hydrogens (tertiary/aromatic N) is 3. The zero-order chi connectivity index (χ0) is 13.9. The molecule has 0 radical (unpaired) electrons. The fourth-order valence-corrected chi connectivity index (χ4v) is 2.35. The van der Waals surface area contributed by atoms with Crippen molar-refractivity contribution in [1.82, 2.24) is 14.1 Å². The minimum atomic E-state index is 0.0196. The number of hydrogen-bond donors (Lipinski definition) is 0. The van der Waals surface area contributed by atoms with Crippen LogP contribution in [0.2, 0.25) is 0 Å². The molecule has 0 aliphatic rings. The molecule has 0 unspecified atom stereocenters. The predicted octanol–water partition coefficient (Wildman–Crippen LogP) is 2.43. The second-order valence-corrected chi connectivity index (χ2v) is 4.66. The van der Waals surface area contributed by atoms with Gasteiger partial charge < -0.3 is 9.13 Å². The molecule has 0 bridgehead atoms. The summed E-state index contributed by atoms with van der Waals surface area (Å²) in [4.78, 5) is 16.6. The second-order valence-electron chi connectivity index (χ2n) is 4.66. The van der Waals surface area contributed by atoms with Crippen molar-refractivity contribution in [2.75, 3.05) is 0 Å². The van der Waals surface area contributed by atoms with Crippen molar-refractivity contribution in [3.05, 3.63) is 77.6 Å². The molecule has 3 aromatic heterocycles. The van der Waals surface area contributed by atoms with Crippen LogP contribution in [0.3, 0.4) is 0 Å². The van der Waals surface area contributed by atoms with Crippen LogP contribution in [-0.2, 0) is 13.1 Å². The van der Waals surface area contributed by atoms with Crippen molar-refractivity contribution in [2.24, 2.45) is 0 Å². The van der Waals surface area contributed by atoms with Crippen LogP contribution < -0.4 is 5.56 Å². The summed E-state index contributed by atoms with van der Waals surface area (Å²) in [6.45, 7) is 4.91. The molecule has 0 fully saturated rings. The van der Waals surface area contributed by atoms with Crippen molar-refractivity contribution in [2.45, 2.75) is 13.1 Å². The van der Waals surface area contributed by atoms with Gasteiger partial charge in [0, 0.05) is 36.7 Å². The molecule has 20 heavy (non-hydrogen) atoms. The molecule has 0 atom stereocenters. The van der Waals surface area contributed by atoms with E-state index < -0.39 is 0 Å². The third kappa shape index (κ3) is 2.16. The van der Waals surface area contributed by atoms with Crippen LogP contribution in [0.1, 0.15) is 5.56 Å². The van der Waals surface area contributed by atoms with Crippen LogP contribution in [0.5, 0.6) is 0 Å². The molecule has 0 amide bonds. The molecule has 0 spiro atoms. The first-order valence-corrected chi connectivity index (χ1v) is 6.47. The summed E-state index contributed by atoms with van der Waals surface area (Å²) in [5.41, 5.74) is 1.80. The molecule has 3 aromatic rings. The van der Waals surface area contributed by atoms with Crippen LogP contribution in [0.4, 0.5) is 0 Å². The van der Waals surface area contributed by atoms with Crippen LogP contribution in [0.25, 0.3) is 10.9 Å². The Bertz CT molecular complexity index is 799. The predicted molar refractivity (Wildman–Crippen MR) is 79.7 cm³/mol. The van der Waals surface area contributed by atoms with E-state index in [1.54, 1.807) is 23.0 Å². The summed E-state index contributed by atoms with van der Waals surface area (Å²) in [5, 5.41) is 0.961. The van der Waals surface area contributed by atoms with E-state index in [9.17, 15) is 4.79 Å². The van der Waals surface area contributed by atoms with Crippen LogP contribution in [0, 0.1) is 0 Å². The van der Waals surface area contributed by atoms with Gasteiger partial charge in [0.2, 0.25) is 0 Å². The third-order valence-corrected chi connectivity index (χ3v) is 3.32. The maximum absolute atomic E-state index is 12.6. The minimum Gasteiger partial charge on any atom is -0.339 e. The summed E-state index contributed by atoms with van der Waals surface area (Å²) in [6.07, 6.45) is 9.02. The quantitative estimate of drug-likeness (QED) is 0.680. The van der Waals surface area contributed by atoms with E-state index in [4.69, 9.17) is 0 Å². The maximum Gasteiger partial charge on any atom is 0.275 e. The number of pyridine rings is 2. The highest BCUT2D eigenvalue weighted by Crippen LogP contribution is 2.12. The molecule has 0 aromatic carbocycles. The Kier molecular flexibility index (Phi) is 3.21. The fourth-order valence-electron chi connectivity index (χ4n) is 2.35. The number of rotatable bonds is 4. The molecular weight excluding hydrogens is 250 g/mol. The van der Waals surface area contributed by atoms with Crippen LogP contribution >= 0.6 is 0 Å². The number of hydrogen-bond acceptors (Lipinski definition) is 2. The zero-order valence-corrected chi connectivity index (χ0v) is 11.1. The summed E-state index contributed by atoms with van der Waals surface area (Å²) < 4.78 is 3.64. The molecule has 4 heteroatoms. The summed E-state index contributed by atoms with van der Waals surface area (Å²) in [7, 11) is 0. The zero-order valence-electron chi connectivity index (χ0n) is 11.1. The van der Waals surface area contributed by atoms with Crippen LogP contribution in [-0.4, -0.2) is 14.1 Å². The van der Waals surface area contributed by atoms with Gasteiger partial charge >= 0.3 is 0 Å². The lowest BCUT2D eigenvalue weighted by molar-refractivity contribution is 0.754. The number of allylic oxidation sites excluding steroid dienone is 1. The molecule has 0 saturated heterocycles. The van der Waals surface area contributed by atoms with Gasteiger partial charge in [0.15, 0.2) is 0 Å². The topological polar surface area (TPSA) is 39.8 Å². The van der Waals surface area contributed by atoms with E-state index in [0.29, 0.717) is 13.1 Å². The van der Waals surface area contributed by atoms with Crippen molar-refractivity contribution in [3.8, 4) is 0 Å². The highest BCUT2D eigenvalue weighted by molar-refractivity contribution is 5.79. The Morgan fingerprint density at radius 3 is 2.50 bits per heavy atom. The highest BCUT2D eigenvalue weighted by atomic mass is 16.1. The molecule has 0 N–H and O–H groups in total. The van der Waals surface area contributed by atoms with E-state index in [2.05, 4.69) is 11.6 Å². The summed E-state index contributed by atoms with van der Waals surface area (Å²) in [5.74, 6) is 0. The van der Waals surface area contributed by atoms with Gasteiger partial charge in [-0.25, -0.2) is 0 Å². The number of fused-ring (bicyclic) bond motifs is 1. The van der Waals surface area contributed by atoms with Gasteiger partial charge in [0.1, 0.15) is 5.52 Å². The van der Waals surface area contributed by atoms with Crippen LogP contribution in [0.15, 0.2) is 66.5 Å². The van der Waals surface area contributed by atoms with E-state index >= 15 is 0 Å². The highest BCUT2D eigenvalue weighted by Gasteiger charge is 2.07. The number of aromatic nitrogens is 3. The second kappa shape index (κ2) is 5.17. The van der Waals surface area contributed by atoms with Gasteiger partial charge in [0.05, 0.1) is 6.54 Å². The van der Waals surface area contributed by atoms with Gasteiger partial charge in [0.25, 0.3) is 5.56 Å². The molecule has 3 heterocycles. The average Bonchev–Trinajstić information content (AvgIpc) is 2.88. The Balaban J connectivity index is 2.08. The van der Waals surface area contributed by atoms with E-state index in [0.717, 1.165) is 16.5 Å². The molecule has 3 rings (SSSR count). The monoisotopic (exact) mass is 265 g/mol. The Hall–Kier alpha value is -2.62. The maximum atomic E-state index is 12.6. The molecule has 0 saturated carbocycles. The standard InChI is InChI=1S/C16H15N3O/c1-2-9-18-10-5-14-6-11-19(16(20)15(14)18)12-13-3-7-17-8-4-13/h2-8,10-11H,1,9,12H2. The Labute approximate surface area is 116 Å². The van der Waals surface area contributed by atoms with Crippen molar-refractivity contribution in [1.29, 1.82) is 0 Å². The van der Waals surface area contributed by atoms with E-state index in [-0.39, 0.29) is 5.56 Å². The molecular formula is C16H15N3O. The van der Waals surface area contributed by atoms with Crippen molar-refractivity contribution in [3.63, 3.8) is 0 Å². The first kappa shape index (κ1) is 12.4. The average molecular weight is 265 g/mol. The minimum absolute atomic E-state index is 0.0196. The summed E-state index contributed by atoms with van der Waals surface area (Å²) in [6, 6.07) is 7.76. The van der Waals surface area contributed by atoms with E-state index in [1.165, 1.54) is 0 Å². The molecule has 100 valence electrons. The Morgan fingerprint density at radius 1 is 1.10 bits per heavy atom. The smallest absolute Gasteiger partial charge is 0.275 e. The van der Waals surface area contributed by atoms with E-state index in [1.807, 2.05) is 41.2 Å². The Morgan fingerprint density at radius 2 is 1.80 bits per heavy atom. The SMILES string of the molecule is C=CCn1ccc2ccn(Cc3ccncc3)c(=O)c21. The third-order valence-electron chi connectivity index (χ3n) is 3.32. The lowest BCUT2D eigenvalue weighted by atomic mass is 10.2. The lowest BCUT2D eigenvalue weighted by Gasteiger charge is -2.07. The first-order valence-electron chi connectivity index (χ1n) is 6.47. The van der Waals surface area contributed by atoms with Crippen molar-refractivity contribution >= 4 is 10.9 Å². The summed E-state index contributed by atoms with van der Waals surface area (Å²) >= 11 is 0. The van der Waals surface area contributed by atoms with Gasteiger partial charge in [-0.05, 0) is 29.8 Å². The molecule has 0 aliphatic heterocycles.